The molecule has 0 unspecified atom stereocenters. The Balaban J connectivity index is 2.56. The van der Waals surface area contributed by atoms with Gasteiger partial charge in [0.25, 0.3) is 0 Å². The number of carbonyl (C=O) groups excluding carboxylic acids is 1. The first-order chi connectivity index (χ1) is 6.70. The van der Waals surface area contributed by atoms with E-state index in [0.717, 1.165) is 11.3 Å². The summed E-state index contributed by atoms with van der Waals surface area (Å²) < 4.78 is 17.9. The van der Waals surface area contributed by atoms with Crippen molar-refractivity contribution in [2.75, 3.05) is 7.11 Å². The van der Waals surface area contributed by atoms with Gasteiger partial charge in [0.05, 0.1) is 17.3 Å². The fraction of sp³-hybridized carbons (Fsp3) is 0.111. The molecule has 0 saturated carbocycles. The van der Waals surface area contributed by atoms with Gasteiger partial charge < -0.3 is 4.74 Å². The van der Waals surface area contributed by atoms with Crippen molar-refractivity contribution in [1.29, 1.82) is 0 Å². The summed E-state index contributed by atoms with van der Waals surface area (Å²) in [4.78, 5) is 15.1. The van der Waals surface area contributed by atoms with Crippen LogP contribution in [0.1, 0.15) is 9.80 Å². The van der Waals surface area contributed by atoms with Gasteiger partial charge in [0.15, 0.2) is 0 Å². The lowest BCUT2D eigenvalue weighted by Crippen LogP contribution is -1.99. The van der Waals surface area contributed by atoms with E-state index < -0.39 is 5.97 Å². The van der Waals surface area contributed by atoms with Crippen molar-refractivity contribution >= 4 is 27.5 Å². The Morgan fingerprint density at radius 3 is 3.07 bits per heavy atom. The summed E-state index contributed by atoms with van der Waals surface area (Å²) in [7, 11) is 1.29. The second-order valence-electron chi connectivity index (χ2n) is 2.62. The number of hydrogen-bond acceptors (Lipinski definition) is 4. The number of benzene rings is 1. The van der Waals surface area contributed by atoms with Gasteiger partial charge in [-0.05, 0) is 18.2 Å². The highest BCUT2D eigenvalue weighted by molar-refractivity contribution is 7.20. The molecule has 0 amide bonds. The van der Waals surface area contributed by atoms with E-state index in [-0.39, 0.29) is 10.8 Å². The molecule has 0 radical (unpaired) electrons. The fourth-order valence-electron chi connectivity index (χ4n) is 1.07. The third-order valence-electron chi connectivity index (χ3n) is 1.71. The normalized spacial score (nSPS) is 10.4. The van der Waals surface area contributed by atoms with Gasteiger partial charge in [-0.2, -0.15) is 0 Å². The largest absolute Gasteiger partial charge is 0.464 e. The van der Waals surface area contributed by atoms with Crippen molar-refractivity contribution in [3.63, 3.8) is 0 Å². The van der Waals surface area contributed by atoms with Gasteiger partial charge in [0.1, 0.15) is 5.82 Å². The molecule has 0 fully saturated rings. The average Bonchev–Trinajstić information content (AvgIpc) is 2.59. The molecule has 0 aliphatic rings. The van der Waals surface area contributed by atoms with E-state index >= 15 is 0 Å². The van der Waals surface area contributed by atoms with Crippen LogP contribution in [-0.2, 0) is 4.74 Å². The first-order valence-corrected chi connectivity index (χ1v) is 4.67. The molecule has 2 aromatic rings. The number of thiazole rings is 1. The standard InChI is InChI=1S/C9H6FNO2S/c1-13-9(12)8-11-6-3-2-5(10)4-7(6)14-8/h2-4H,1H3. The number of aromatic nitrogens is 1. The first kappa shape index (κ1) is 9.08. The lowest BCUT2D eigenvalue weighted by atomic mass is 10.3. The molecule has 72 valence electrons. The molecule has 2 rings (SSSR count). The van der Waals surface area contributed by atoms with Gasteiger partial charge in [-0.1, -0.05) is 0 Å². The highest BCUT2D eigenvalue weighted by atomic mass is 32.1. The first-order valence-electron chi connectivity index (χ1n) is 3.85. The molecule has 0 spiro atoms. The molecule has 0 aliphatic heterocycles. The molecule has 1 aromatic heterocycles. The molecule has 14 heavy (non-hydrogen) atoms. The van der Waals surface area contributed by atoms with Gasteiger partial charge in [-0.15, -0.1) is 11.3 Å². The van der Waals surface area contributed by atoms with E-state index in [1.165, 1.54) is 25.3 Å². The minimum Gasteiger partial charge on any atom is -0.464 e. The minimum absolute atomic E-state index is 0.244. The molecule has 0 saturated heterocycles. The summed E-state index contributed by atoms with van der Waals surface area (Å²) in [5, 5.41) is 0.244. The van der Waals surface area contributed by atoms with Gasteiger partial charge in [-0.25, -0.2) is 14.2 Å². The fourth-order valence-corrected chi connectivity index (χ4v) is 1.98. The topological polar surface area (TPSA) is 39.2 Å². The summed E-state index contributed by atoms with van der Waals surface area (Å²) >= 11 is 1.12. The third kappa shape index (κ3) is 1.46. The number of esters is 1. The lowest BCUT2D eigenvalue weighted by molar-refractivity contribution is 0.0600. The van der Waals surface area contributed by atoms with E-state index in [1.54, 1.807) is 0 Å². The predicted octanol–water partition coefficient (Wildman–Crippen LogP) is 2.22. The van der Waals surface area contributed by atoms with Crippen molar-refractivity contribution in [2.45, 2.75) is 0 Å². The number of carbonyl (C=O) groups is 1. The van der Waals surface area contributed by atoms with Gasteiger partial charge >= 0.3 is 5.97 Å². The maximum Gasteiger partial charge on any atom is 0.367 e. The second-order valence-corrected chi connectivity index (χ2v) is 3.65. The average molecular weight is 211 g/mol. The maximum atomic E-state index is 12.8. The van der Waals surface area contributed by atoms with E-state index in [1.807, 2.05) is 0 Å². The number of rotatable bonds is 1. The zero-order valence-electron chi connectivity index (χ0n) is 7.28. The number of hydrogen-bond donors (Lipinski definition) is 0. The summed E-state index contributed by atoms with van der Waals surface area (Å²) in [5.41, 5.74) is 0.608. The van der Waals surface area contributed by atoms with Crippen molar-refractivity contribution in [1.82, 2.24) is 4.98 Å². The van der Waals surface area contributed by atoms with Crippen molar-refractivity contribution in [2.24, 2.45) is 0 Å². The molecule has 5 heteroatoms. The van der Waals surface area contributed by atoms with E-state index in [0.29, 0.717) is 10.2 Å². The third-order valence-corrected chi connectivity index (χ3v) is 2.71. The minimum atomic E-state index is -0.494. The van der Waals surface area contributed by atoms with E-state index in [9.17, 15) is 9.18 Å². The Morgan fingerprint density at radius 2 is 2.36 bits per heavy atom. The number of nitrogens with zero attached hydrogens (tertiary/aromatic N) is 1. The molecular formula is C9H6FNO2S. The van der Waals surface area contributed by atoms with Crippen LogP contribution in [0.2, 0.25) is 0 Å². The van der Waals surface area contributed by atoms with Crippen molar-refractivity contribution in [3.05, 3.63) is 29.0 Å². The lowest BCUT2D eigenvalue weighted by Gasteiger charge is -1.89. The Labute approximate surface area is 83.1 Å². The Morgan fingerprint density at radius 1 is 1.57 bits per heavy atom. The molecule has 1 aromatic carbocycles. The summed E-state index contributed by atoms with van der Waals surface area (Å²) in [6.07, 6.45) is 0. The van der Waals surface area contributed by atoms with E-state index in [2.05, 4.69) is 9.72 Å². The monoisotopic (exact) mass is 211 g/mol. The van der Waals surface area contributed by atoms with Crippen LogP contribution in [0.5, 0.6) is 0 Å². The molecule has 0 aliphatic carbocycles. The van der Waals surface area contributed by atoms with Gasteiger partial charge in [-0.3, -0.25) is 0 Å². The molecule has 1 heterocycles. The van der Waals surface area contributed by atoms with Gasteiger partial charge in [0, 0.05) is 0 Å². The Hall–Kier alpha value is -1.49. The van der Waals surface area contributed by atoms with Crippen molar-refractivity contribution < 1.29 is 13.9 Å². The maximum absolute atomic E-state index is 12.8. The smallest absolute Gasteiger partial charge is 0.367 e. The van der Waals surface area contributed by atoms with Crippen LogP contribution in [0.3, 0.4) is 0 Å². The van der Waals surface area contributed by atoms with Crippen LogP contribution >= 0.6 is 11.3 Å². The molecule has 0 bridgehead atoms. The number of methoxy groups -OCH3 is 1. The number of halogens is 1. The van der Waals surface area contributed by atoms with Crippen LogP contribution in [0, 0.1) is 5.82 Å². The number of ether oxygens (including phenoxy) is 1. The summed E-state index contributed by atoms with van der Waals surface area (Å²) in [5.74, 6) is -0.829. The number of fused-ring (bicyclic) bond motifs is 1. The zero-order chi connectivity index (χ0) is 10.1. The SMILES string of the molecule is COC(=O)c1nc2ccc(F)cc2s1. The van der Waals surface area contributed by atoms with Crippen LogP contribution in [-0.4, -0.2) is 18.1 Å². The molecular weight excluding hydrogens is 205 g/mol. The highest BCUT2D eigenvalue weighted by Gasteiger charge is 2.12. The van der Waals surface area contributed by atoms with Gasteiger partial charge in [0.2, 0.25) is 5.01 Å². The Kier molecular flexibility index (Phi) is 2.17. The van der Waals surface area contributed by atoms with Crippen molar-refractivity contribution in [3.8, 4) is 0 Å². The molecule has 3 nitrogen and oxygen atoms in total. The van der Waals surface area contributed by atoms with Crippen LogP contribution in [0.4, 0.5) is 4.39 Å². The van der Waals surface area contributed by atoms with Crippen LogP contribution in [0.15, 0.2) is 18.2 Å². The quantitative estimate of drug-likeness (QED) is 0.679. The molecule has 0 atom stereocenters. The zero-order valence-corrected chi connectivity index (χ0v) is 8.10. The second kappa shape index (κ2) is 3.34. The van der Waals surface area contributed by atoms with Crippen LogP contribution in [0.25, 0.3) is 10.2 Å². The summed E-state index contributed by atoms with van der Waals surface area (Å²) in [6, 6.07) is 4.19. The predicted molar refractivity (Wildman–Crippen MR) is 50.9 cm³/mol. The molecule has 0 N–H and O–H groups in total. The Bertz CT molecular complexity index is 495. The highest BCUT2D eigenvalue weighted by Crippen LogP contribution is 2.23. The van der Waals surface area contributed by atoms with E-state index in [4.69, 9.17) is 0 Å². The van der Waals surface area contributed by atoms with Crippen LogP contribution < -0.4 is 0 Å². The summed E-state index contributed by atoms with van der Waals surface area (Å²) in [6.45, 7) is 0.